The maximum absolute atomic E-state index is 10.4. The van der Waals surface area contributed by atoms with E-state index in [1.807, 2.05) is 0 Å². The summed E-state index contributed by atoms with van der Waals surface area (Å²) in [5.74, 6) is 0. The van der Waals surface area contributed by atoms with Gasteiger partial charge in [-0.3, -0.25) is 4.21 Å². The fraction of sp³-hybridized carbons (Fsp3) is 1.00. The first-order valence-electron chi connectivity index (χ1n) is 1.97. The fourth-order valence-corrected chi connectivity index (χ4v) is 2.99. The van der Waals surface area contributed by atoms with Crippen molar-refractivity contribution in [2.45, 2.75) is 0 Å². The third-order valence-electron chi connectivity index (χ3n) is 0.402. The topological polar surface area (TPSA) is 17.1 Å². The molecule has 0 N–H and O–H groups in total. The molecule has 0 saturated carbocycles. The third kappa shape index (κ3) is 6.50. The molecule has 0 fully saturated rings. The zero-order chi connectivity index (χ0) is 5.86. The van der Waals surface area contributed by atoms with E-state index in [0.29, 0.717) is 10.9 Å². The van der Waals surface area contributed by atoms with Crippen molar-refractivity contribution in [2.24, 2.45) is 0 Å². The Kier molecular flexibility index (Phi) is 3.75. The molecular formula is C4H11OS2+. The van der Waals surface area contributed by atoms with Crippen LogP contribution in [-0.4, -0.2) is 28.1 Å². The highest BCUT2D eigenvalue weighted by Gasteiger charge is 2.02. The van der Waals surface area contributed by atoms with Crippen LogP contribution in [0.3, 0.4) is 0 Å². The van der Waals surface area contributed by atoms with E-state index in [0.717, 1.165) is 5.08 Å². The zero-order valence-corrected chi connectivity index (χ0v) is 6.56. The molecule has 0 aliphatic rings. The van der Waals surface area contributed by atoms with Gasteiger partial charge >= 0.3 is 0 Å². The van der Waals surface area contributed by atoms with Crippen LogP contribution in [0.25, 0.3) is 0 Å². The molecule has 1 nitrogen and oxygen atoms in total. The van der Waals surface area contributed by atoms with E-state index in [9.17, 15) is 4.21 Å². The molecule has 1 unspecified atom stereocenters. The van der Waals surface area contributed by atoms with Crippen molar-refractivity contribution in [1.82, 2.24) is 0 Å². The second-order valence-electron chi connectivity index (χ2n) is 1.68. The van der Waals surface area contributed by atoms with Crippen LogP contribution in [-0.2, 0) is 21.7 Å². The summed E-state index contributed by atoms with van der Waals surface area (Å²) in [5.41, 5.74) is 0. The lowest BCUT2D eigenvalue weighted by molar-refractivity contribution is 0.689. The molecular weight excluding hydrogens is 128 g/mol. The Labute approximate surface area is 50.3 Å². The van der Waals surface area contributed by atoms with Gasteiger partial charge in [0, 0.05) is 6.26 Å². The highest BCUT2D eigenvalue weighted by molar-refractivity contribution is 8.07. The predicted octanol–water partition coefficient (Wildman–Crippen LogP) is 0.200. The summed E-state index contributed by atoms with van der Waals surface area (Å²) in [7, 11) is -0.229. The maximum atomic E-state index is 10.4. The first-order chi connectivity index (χ1) is 3.13. The Bertz CT molecular complexity index is 70.1. The molecule has 0 saturated heterocycles. The minimum absolute atomic E-state index is 0.354. The van der Waals surface area contributed by atoms with Gasteiger partial charge in [0.25, 0.3) is 0 Å². The van der Waals surface area contributed by atoms with Crippen LogP contribution in [0.1, 0.15) is 0 Å². The summed E-state index contributed by atoms with van der Waals surface area (Å²) in [6.45, 7) is 0. The van der Waals surface area contributed by atoms with Gasteiger partial charge < -0.3 is 0 Å². The Morgan fingerprint density at radius 2 is 2.00 bits per heavy atom. The van der Waals surface area contributed by atoms with Crippen LogP contribution in [0.2, 0.25) is 0 Å². The maximum Gasteiger partial charge on any atom is 0.181 e. The number of hydrogen-bond donors (Lipinski definition) is 0. The molecule has 0 amide bonds. The van der Waals surface area contributed by atoms with Gasteiger partial charge in [-0.15, -0.1) is 0 Å². The van der Waals surface area contributed by atoms with Gasteiger partial charge in [0.2, 0.25) is 0 Å². The lowest BCUT2D eigenvalue weighted by Crippen LogP contribution is -2.05. The number of hydrogen-bond acceptors (Lipinski definition) is 1. The Morgan fingerprint density at radius 1 is 1.57 bits per heavy atom. The smallest absolute Gasteiger partial charge is 0.181 e. The highest BCUT2D eigenvalue weighted by atomic mass is 32.3. The molecule has 0 aromatic rings. The van der Waals surface area contributed by atoms with Crippen LogP contribution in [0, 0.1) is 0 Å². The summed E-state index contributed by atoms with van der Waals surface area (Å²) in [6.07, 6.45) is 5.94. The molecule has 3 heteroatoms. The van der Waals surface area contributed by atoms with E-state index < -0.39 is 10.8 Å². The average molecular weight is 139 g/mol. The molecule has 0 aliphatic heterocycles. The third-order valence-corrected chi connectivity index (χ3v) is 3.61. The minimum atomic E-state index is -0.583. The van der Waals surface area contributed by atoms with Crippen molar-refractivity contribution in [1.29, 1.82) is 0 Å². The summed E-state index contributed by atoms with van der Waals surface area (Å²) in [4.78, 5) is 0. The van der Waals surface area contributed by atoms with Crippen molar-refractivity contribution in [2.75, 3.05) is 23.9 Å². The largest absolute Gasteiger partial charge is 0.255 e. The van der Waals surface area contributed by atoms with Crippen molar-refractivity contribution in [3.63, 3.8) is 0 Å². The molecule has 0 aliphatic carbocycles. The summed E-state index contributed by atoms with van der Waals surface area (Å²) >= 11 is 0. The standard InChI is InChI=1S/C4H11OS2/c1-6(2)4-7(3)5/h4H2,1-3H3/q+1. The van der Waals surface area contributed by atoms with Gasteiger partial charge in [-0.05, 0) is 10.9 Å². The van der Waals surface area contributed by atoms with Crippen LogP contribution in [0.15, 0.2) is 0 Å². The molecule has 1 atom stereocenters. The van der Waals surface area contributed by atoms with Crippen LogP contribution in [0.4, 0.5) is 0 Å². The Morgan fingerprint density at radius 3 is 2.00 bits per heavy atom. The second kappa shape index (κ2) is 3.50. The highest BCUT2D eigenvalue weighted by Crippen LogP contribution is 1.84. The lowest BCUT2D eigenvalue weighted by atomic mass is 11.8. The molecule has 0 aromatic heterocycles. The van der Waals surface area contributed by atoms with Crippen molar-refractivity contribution < 1.29 is 4.21 Å². The Balaban J connectivity index is 3.13. The van der Waals surface area contributed by atoms with E-state index in [1.165, 1.54) is 0 Å². The molecule has 0 heterocycles. The van der Waals surface area contributed by atoms with E-state index in [2.05, 4.69) is 12.5 Å². The SMILES string of the molecule is CS(=O)C[S+](C)C. The quantitative estimate of drug-likeness (QED) is 0.500. The van der Waals surface area contributed by atoms with Gasteiger partial charge in [-0.25, -0.2) is 0 Å². The van der Waals surface area contributed by atoms with E-state index in [1.54, 1.807) is 6.26 Å². The Hall–Kier alpha value is 0.500. The van der Waals surface area contributed by atoms with Gasteiger partial charge in [0.1, 0.15) is 0 Å². The molecule has 44 valence electrons. The minimum Gasteiger partial charge on any atom is -0.255 e. The van der Waals surface area contributed by atoms with E-state index in [4.69, 9.17) is 0 Å². The zero-order valence-electron chi connectivity index (χ0n) is 4.93. The van der Waals surface area contributed by atoms with Crippen molar-refractivity contribution >= 4 is 21.7 Å². The molecule has 0 rings (SSSR count). The predicted molar refractivity (Wildman–Crippen MR) is 38.1 cm³/mol. The molecule has 0 spiro atoms. The monoisotopic (exact) mass is 139 g/mol. The normalized spacial score (nSPS) is 14.9. The van der Waals surface area contributed by atoms with Crippen LogP contribution in [0.5, 0.6) is 0 Å². The summed E-state index contributed by atoms with van der Waals surface area (Å²) < 4.78 is 10.4. The second-order valence-corrected chi connectivity index (χ2v) is 5.74. The van der Waals surface area contributed by atoms with Crippen molar-refractivity contribution in [3.8, 4) is 0 Å². The van der Waals surface area contributed by atoms with Gasteiger partial charge in [0.15, 0.2) is 5.08 Å². The summed E-state index contributed by atoms with van der Waals surface area (Å²) in [5, 5.41) is 0.861. The van der Waals surface area contributed by atoms with E-state index >= 15 is 0 Å². The van der Waals surface area contributed by atoms with Gasteiger partial charge in [-0.1, -0.05) is 0 Å². The van der Waals surface area contributed by atoms with Crippen LogP contribution < -0.4 is 0 Å². The molecule has 7 heavy (non-hydrogen) atoms. The fourth-order valence-electron chi connectivity index (χ4n) is 0.332. The average Bonchev–Trinajstić information content (AvgIpc) is 1.27. The van der Waals surface area contributed by atoms with Crippen molar-refractivity contribution in [3.05, 3.63) is 0 Å². The van der Waals surface area contributed by atoms with E-state index in [-0.39, 0.29) is 0 Å². The summed E-state index contributed by atoms with van der Waals surface area (Å²) in [6, 6.07) is 0. The first kappa shape index (κ1) is 7.50. The molecule has 0 aromatic carbocycles. The van der Waals surface area contributed by atoms with Crippen LogP contribution >= 0.6 is 0 Å². The van der Waals surface area contributed by atoms with Gasteiger partial charge in [-0.2, -0.15) is 0 Å². The lowest BCUT2D eigenvalue weighted by Gasteiger charge is -1.88. The van der Waals surface area contributed by atoms with Gasteiger partial charge in [0.05, 0.1) is 23.3 Å². The first-order valence-corrected chi connectivity index (χ1v) is 5.91. The molecule has 0 bridgehead atoms. The molecule has 0 radical (unpaired) electrons. The number of rotatable bonds is 2.